The minimum Gasteiger partial charge on any atom is -0.269 e. The fourth-order valence-corrected chi connectivity index (χ4v) is 2.33. The molecule has 1 aliphatic rings. The maximum Gasteiger partial charge on any atom is 0.435 e. The summed E-state index contributed by atoms with van der Waals surface area (Å²) in [6.45, 7) is 2.14. The number of hydrogen-bond acceptors (Lipinski definition) is 1. The molecule has 0 bridgehead atoms. The Morgan fingerprint density at radius 1 is 1.38 bits per heavy atom. The van der Waals surface area contributed by atoms with E-state index in [-0.39, 0.29) is 6.04 Å². The molecule has 2 nitrogen and oxygen atoms in total. The van der Waals surface area contributed by atoms with E-state index in [1.54, 1.807) is 0 Å². The van der Waals surface area contributed by atoms with Crippen LogP contribution in [0.15, 0.2) is 12.3 Å². The van der Waals surface area contributed by atoms with Crippen molar-refractivity contribution in [2.24, 2.45) is 5.92 Å². The first-order valence-corrected chi connectivity index (χ1v) is 5.59. The standard InChI is InChI=1S/C11H15F3N2/c1-8-3-2-4-9(7-8)16-6-5-10(15-16)11(12,13)14/h5-6,8-9H,2-4,7H2,1H3. The average Bonchev–Trinajstić information content (AvgIpc) is 2.65. The van der Waals surface area contributed by atoms with Crippen molar-refractivity contribution in [2.45, 2.75) is 44.8 Å². The molecule has 1 aromatic heterocycles. The third-order valence-corrected chi connectivity index (χ3v) is 3.18. The maximum absolute atomic E-state index is 12.4. The summed E-state index contributed by atoms with van der Waals surface area (Å²) in [5.41, 5.74) is -0.786. The van der Waals surface area contributed by atoms with Gasteiger partial charge in [0, 0.05) is 6.20 Å². The van der Waals surface area contributed by atoms with Crippen LogP contribution in [0.4, 0.5) is 13.2 Å². The van der Waals surface area contributed by atoms with Crippen molar-refractivity contribution in [3.8, 4) is 0 Å². The molecular weight excluding hydrogens is 217 g/mol. The van der Waals surface area contributed by atoms with E-state index < -0.39 is 11.9 Å². The first-order valence-electron chi connectivity index (χ1n) is 5.59. The van der Waals surface area contributed by atoms with E-state index in [0.29, 0.717) is 5.92 Å². The number of rotatable bonds is 1. The summed E-state index contributed by atoms with van der Waals surface area (Å²) in [7, 11) is 0. The lowest BCUT2D eigenvalue weighted by Crippen LogP contribution is -2.19. The SMILES string of the molecule is CC1CCCC(n2ccc(C(F)(F)F)n2)C1. The second-order valence-electron chi connectivity index (χ2n) is 4.60. The van der Waals surface area contributed by atoms with Crippen LogP contribution in [0.2, 0.25) is 0 Å². The largest absolute Gasteiger partial charge is 0.435 e. The van der Waals surface area contributed by atoms with E-state index >= 15 is 0 Å². The lowest BCUT2D eigenvalue weighted by molar-refractivity contribution is -0.141. The molecule has 1 aliphatic carbocycles. The van der Waals surface area contributed by atoms with Crippen LogP contribution in [-0.4, -0.2) is 9.78 Å². The molecule has 0 saturated heterocycles. The highest BCUT2D eigenvalue weighted by molar-refractivity contribution is 5.04. The molecule has 0 radical (unpaired) electrons. The van der Waals surface area contributed by atoms with Gasteiger partial charge in [-0.1, -0.05) is 19.8 Å². The summed E-state index contributed by atoms with van der Waals surface area (Å²) in [5, 5.41) is 3.63. The Balaban J connectivity index is 2.12. The highest BCUT2D eigenvalue weighted by Gasteiger charge is 2.34. The number of halogens is 3. The highest BCUT2D eigenvalue weighted by atomic mass is 19.4. The van der Waals surface area contributed by atoms with E-state index in [1.165, 1.54) is 17.3 Å². The van der Waals surface area contributed by atoms with Crippen LogP contribution in [0.3, 0.4) is 0 Å². The minimum absolute atomic E-state index is 0.139. The summed E-state index contributed by atoms with van der Waals surface area (Å²) in [4.78, 5) is 0. The van der Waals surface area contributed by atoms with Crippen LogP contribution in [0.5, 0.6) is 0 Å². The van der Waals surface area contributed by atoms with Crippen LogP contribution < -0.4 is 0 Å². The fourth-order valence-electron chi connectivity index (χ4n) is 2.33. The Labute approximate surface area is 92.4 Å². The molecule has 0 amide bonds. The van der Waals surface area contributed by atoms with Gasteiger partial charge in [-0.25, -0.2) is 0 Å². The lowest BCUT2D eigenvalue weighted by atomic mass is 9.87. The zero-order valence-electron chi connectivity index (χ0n) is 9.17. The molecule has 2 atom stereocenters. The third kappa shape index (κ3) is 2.39. The first kappa shape index (κ1) is 11.5. The molecular formula is C11H15F3N2. The Kier molecular flexibility index (Phi) is 2.95. The zero-order valence-corrected chi connectivity index (χ0v) is 9.17. The van der Waals surface area contributed by atoms with E-state index in [1.807, 2.05) is 0 Å². The lowest BCUT2D eigenvalue weighted by Gasteiger charge is -2.26. The summed E-state index contributed by atoms with van der Waals surface area (Å²) in [5.74, 6) is 0.581. The Bertz CT molecular complexity index is 356. The molecule has 1 aromatic rings. The molecule has 0 aromatic carbocycles. The molecule has 1 fully saturated rings. The van der Waals surface area contributed by atoms with Gasteiger partial charge in [-0.05, 0) is 24.8 Å². The fraction of sp³-hybridized carbons (Fsp3) is 0.727. The van der Waals surface area contributed by atoms with Crippen LogP contribution in [0.25, 0.3) is 0 Å². The van der Waals surface area contributed by atoms with Crippen molar-refractivity contribution in [3.05, 3.63) is 18.0 Å². The molecule has 16 heavy (non-hydrogen) atoms. The molecule has 0 N–H and O–H groups in total. The smallest absolute Gasteiger partial charge is 0.269 e. The molecule has 1 heterocycles. The molecule has 2 rings (SSSR count). The summed E-state index contributed by atoms with van der Waals surface area (Å²) in [6, 6.07) is 1.19. The van der Waals surface area contributed by atoms with Crippen molar-refractivity contribution in [1.82, 2.24) is 9.78 Å². The number of hydrogen-bond donors (Lipinski definition) is 0. The van der Waals surface area contributed by atoms with Crippen LogP contribution in [0, 0.1) is 5.92 Å². The van der Waals surface area contributed by atoms with Gasteiger partial charge in [0.15, 0.2) is 5.69 Å². The third-order valence-electron chi connectivity index (χ3n) is 3.18. The van der Waals surface area contributed by atoms with Crippen molar-refractivity contribution in [3.63, 3.8) is 0 Å². The van der Waals surface area contributed by atoms with Gasteiger partial charge < -0.3 is 0 Å². The monoisotopic (exact) mass is 232 g/mol. The molecule has 1 saturated carbocycles. The van der Waals surface area contributed by atoms with Gasteiger partial charge in [0.1, 0.15) is 0 Å². The van der Waals surface area contributed by atoms with Gasteiger partial charge in [0.2, 0.25) is 0 Å². The summed E-state index contributed by atoms with van der Waals surface area (Å²) in [6.07, 6.45) is 1.23. The van der Waals surface area contributed by atoms with E-state index in [2.05, 4.69) is 12.0 Å². The maximum atomic E-state index is 12.4. The second kappa shape index (κ2) is 4.11. The van der Waals surface area contributed by atoms with Crippen LogP contribution in [0.1, 0.15) is 44.3 Å². The second-order valence-corrected chi connectivity index (χ2v) is 4.60. The highest BCUT2D eigenvalue weighted by Crippen LogP contribution is 2.33. The normalized spacial score (nSPS) is 27.0. The number of aromatic nitrogens is 2. The predicted molar refractivity (Wildman–Crippen MR) is 53.9 cm³/mol. The molecule has 0 aliphatic heterocycles. The molecule has 5 heteroatoms. The van der Waals surface area contributed by atoms with Gasteiger partial charge in [-0.2, -0.15) is 18.3 Å². The van der Waals surface area contributed by atoms with Crippen LogP contribution in [-0.2, 0) is 6.18 Å². The minimum atomic E-state index is -4.33. The van der Waals surface area contributed by atoms with E-state index in [4.69, 9.17) is 0 Å². The van der Waals surface area contributed by atoms with E-state index in [0.717, 1.165) is 25.3 Å². The molecule has 0 spiro atoms. The van der Waals surface area contributed by atoms with Crippen molar-refractivity contribution < 1.29 is 13.2 Å². The van der Waals surface area contributed by atoms with Gasteiger partial charge >= 0.3 is 6.18 Å². The van der Waals surface area contributed by atoms with E-state index in [9.17, 15) is 13.2 Å². The Morgan fingerprint density at radius 3 is 2.69 bits per heavy atom. The molecule has 90 valence electrons. The zero-order chi connectivity index (χ0) is 11.8. The van der Waals surface area contributed by atoms with Crippen molar-refractivity contribution >= 4 is 0 Å². The van der Waals surface area contributed by atoms with Gasteiger partial charge in [-0.3, -0.25) is 4.68 Å². The van der Waals surface area contributed by atoms with Gasteiger partial charge in [0.25, 0.3) is 0 Å². The quantitative estimate of drug-likeness (QED) is 0.722. The first-order chi connectivity index (χ1) is 7.47. The summed E-state index contributed by atoms with van der Waals surface area (Å²) >= 11 is 0. The average molecular weight is 232 g/mol. The Hall–Kier alpha value is -1.00. The Morgan fingerprint density at radius 2 is 2.12 bits per heavy atom. The summed E-state index contributed by atoms with van der Waals surface area (Å²) < 4.78 is 38.6. The number of alkyl halides is 3. The van der Waals surface area contributed by atoms with Crippen molar-refractivity contribution in [2.75, 3.05) is 0 Å². The number of nitrogens with zero attached hydrogens (tertiary/aromatic N) is 2. The topological polar surface area (TPSA) is 17.8 Å². The molecule has 2 unspecified atom stereocenters. The van der Waals surface area contributed by atoms with Crippen LogP contribution >= 0.6 is 0 Å². The predicted octanol–water partition coefficient (Wildman–Crippen LogP) is 3.65. The van der Waals surface area contributed by atoms with Crippen molar-refractivity contribution in [1.29, 1.82) is 0 Å². The van der Waals surface area contributed by atoms with Gasteiger partial charge in [0.05, 0.1) is 6.04 Å². The van der Waals surface area contributed by atoms with Gasteiger partial charge in [-0.15, -0.1) is 0 Å².